The molecule has 1 aliphatic rings. The lowest BCUT2D eigenvalue weighted by Crippen LogP contribution is -2.21. The van der Waals surface area contributed by atoms with Crippen LogP contribution in [0.15, 0.2) is 49.1 Å². The van der Waals surface area contributed by atoms with Crippen LogP contribution < -0.4 is 5.32 Å². The standard InChI is InChI=1S/C23H23N5O3/c1-14-16(3-4-17-19(14)13-31-23(17)30)21(29)11-24-9-15-10-26-28(12-15)20-5-7-25-22-18(20)6-8-27(22)2/h3-8,10,12,21,24,29H,9,11,13H2,1-2H3. The summed E-state index contributed by atoms with van der Waals surface area (Å²) in [4.78, 5) is 16.1. The van der Waals surface area contributed by atoms with Gasteiger partial charge in [-0.05, 0) is 36.2 Å². The van der Waals surface area contributed by atoms with Crippen LogP contribution in [0, 0.1) is 6.92 Å². The first-order valence-electron chi connectivity index (χ1n) is 10.1. The first kappa shape index (κ1) is 19.5. The highest BCUT2D eigenvalue weighted by Gasteiger charge is 2.25. The maximum absolute atomic E-state index is 11.7. The lowest BCUT2D eigenvalue weighted by Gasteiger charge is -2.16. The molecule has 5 rings (SSSR count). The summed E-state index contributed by atoms with van der Waals surface area (Å²) in [6, 6.07) is 7.52. The smallest absolute Gasteiger partial charge is 0.338 e. The molecule has 1 aromatic carbocycles. The quantitative estimate of drug-likeness (QED) is 0.468. The molecule has 4 heterocycles. The van der Waals surface area contributed by atoms with Crippen molar-refractivity contribution < 1.29 is 14.6 Å². The molecule has 0 bridgehead atoms. The number of hydrogen-bond acceptors (Lipinski definition) is 6. The number of nitrogens with one attached hydrogen (secondary N) is 1. The van der Waals surface area contributed by atoms with Gasteiger partial charge < -0.3 is 19.7 Å². The molecule has 0 fully saturated rings. The van der Waals surface area contributed by atoms with Crippen LogP contribution in [0.4, 0.5) is 0 Å². The number of aliphatic hydroxyl groups excluding tert-OH is 1. The van der Waals surface area contributed by atoms with Gasteiger partial charge in [0.25, 0.3) is 0 Å². The van der Waals surface area contributed by atoms with E-state index in [1.165, 1.54) is 0 Å². The van der Waals surface area contributed by atoms with Crippen LogP contribution in [0.2, 0.25) is 0 Å². The van der Waals surface area contributed by atoms with Gasteiger partial charge in [-0.3, -0.25) is 0 Å². The Labute approximate surface area is 179 Å². The van der Waals surface area contributed by atoms with Crippen molar-refractivity contribution in [1.29, 1.82) is 0 Å². The Morgan fingerprint density at radius 2 is 2.16 bits per heavy atom. The summed E-state index contributed by atoms with van der Waals surface area (Å²) in [5.74, 6) is -0.295. The van der Waals surface area contributed by atoms with Gasteiger partial charge in [0.15, 0.2) is 0 Å². The second kappa shape index (κ2) is 7.64. The number of carbonyl (C=O) groups excluding carboxylic acids is 1. The third kappa shape index (κ3) is 3.39. The minimum atomic E-state index is -0.680. The van der Waals surface area contributed by atoms with Crippen molar-refractivity contribution in [3.8, 4) is 5.69 Å². The number of cyclic esters (lactones) is 1. The Balaban J connectivity index is 1.26. The molecule has 1 atom stereocenters. The zero-order valence-electron chi connectivity index (χ0n) is 17.4. The predicted octanol–water partition coefficient (Wildman–Crippen LogP) is 2.56. The van der Waals surface area contributed by atoms with Crippen molar-refractivity contribution in [2.24, 2.45) is 7.05 Å². The first-order valence-corrected chi connectivity index (χ1v) is 10.1. The number of aliphatic hydroxyl groups is 1. The van der Waals surface area contributed by atoms with Crippen molar-refractivity contribution in [1.82, 2.24) is 24.6 Å². The number of aryl methyl sites for hydroxylation is 1. The number of rotatable bonds is 6. The lowest BCUT2D eigenvalue weighted by molar-refractivity contribution is 0.0535. The average Bonchev–Trinajstić information content (AvgIpc) is 3.48. The molecular weight excluding hydrogens is 394 g/mol. The monoisotopic (exact) mass is 417 g/mol. The SMILES string of the molecule is Cc1c(C(O)CNCc2cnn(-c3ccnc4c3ccn4C)c2)ccc2c1COC2=O. The summed E-state index contributed by atoms with van der Waals surface area (Å²) in [5.41, 5.74) is 6.08. The molecule has 4 aromatic rings. The molecule has 2 N–H and O–H groups in total. The highest BCUT2D eigenvalue weighted by molar-refractivity contribution is 5.94. The number of esters is 1. The largest absolute Gasteiger partial charge is 0.457 e. The van der Waals surface area contributed by atoms with Crippen molar-refractivity contribution in [2.45, 2.75) is 26.2 Å². The molecule has 1 aliphatic heterocycles. The zero-order chi connectivity index (χ0) is 21.5. The number of pyridine rings is 1. The Morgan fingerprint density at radius 1 is 1.29 bits per heavy atom. The number of nitrogens with zero attached hydrogens (tertiary/aromatic N) is 4. The molecule has 8 heteroatoms. The number of carbonyl (C=O) groups is 1. The van der Waals surface area contributed by atoms with E-state index in [0.717, 1.165) is 39.0 Å². The fraction of sp³-hybridized carbons (Fsp3) is 0.261. The molecule has 0 saturated carbocycles. The van der Waals surface area contributed by atoms with Gasteiger partial charge in [0, 0.05) is 55.2 Å². The number of hydrogen-bond donors (Lipinski definition) is 2. The maximum atomic E-state index is 11.7. The van der Waals surface area contributed by atoms with Gasteiger partial charge in [0.1, 0.15) is 12.3 Å². The molecule has 0 saturated heterocycles. The number of benzene rings is 1. The van der Waals surface area contributed by atoms with E-state index in [9.17, 15) is 9.90 Å². The van der Waals surface area contributed by atoms with E-state index in [-0.39, 0.29) is 12.6 Å². The van der Waals surface area contributed by atoms with Crippen molar-refractivity contribution in [2.75, 3.05) is 6.54 Å². The molecule has 158 valence electrons. The minimum Gasteiger partial charge on any atom is -0.457 e. The summed E-state index contributed by atoms with van der Waals surface area (Å²) in [5, 5.41) is 19.5. The van der Waals surface area contributed by atoms with E-state index >= 15 is 0 Å². The third-order valence-electron chi connectivity index (χ3n) is 5.86. The van der Waals surface area contributed by atoms with Crippen molar-refractivity contribution in [3.05, 3.63) is 76.9 Å². The number of fused-ring (bicyclic) bond motifs is 2. The third-order valence-corrected chi connectivity index (χ3v) is 5.86. The van der Waals surface area contributed by atoms with Gasteiger partial charge >= 0.3 is 5.97 Å². The van der Waals surface area contributed by atoms with E-state index in [4.69, 9.17) is 4.74 Å². The van der Waals surface area contributed by atoms with Crippen LogP contribution in [0.25, 0.3) is 16.7 Å². The number of ether oxygens (including phenoxy) is 1. The molecule has 3 aromatic heterocycles. The van der Waals surface area contributed by atoms with E-state index in [0.29, 0.717) is 18.7 Å². The summed E-state index contributed by atoms with van der Waals surface area (Å²) in [6.07, 6.45) is 6.88. The highest BCUT2D eigenvalue weighted by atomic mass is 16.5. The fourth-order valence-electron chi connectivity index (χ4n) is 4.12. The van der Waals surface area contributed by atoms with E-state index < -0.39 is 6.10 Å². The van der Waals surface area contributed by atoms with Gasteiger partial charge in [-0.15, -0.1) is 0 Å². The molecule has 0 amide bonds. The maximum Gasteiger partial charge on any atom is 0.338 e. The van der Waals surface area contributed by atoms with E-state index in [1.807, 2.05) is 53.9 Å². The van der Waals surface area contributed by atoms with Gasteiger partial charge in [-0.2, -0.15) is 5.10 Å². The van der Waals surface area contributed by atoms with Crippen LogP contribution >= 0.6 is 0 Å². The van der Waals surface area contributed by atoms with Crippen LogP contribution in [0.5, 0.6) is 0 Å². The second-order valence-electron chi connectivity index (χ2n) is 7.82. The Kier molecular flexibility index (Phi) is 4.80. The van der Waals surface area contributed by atoms with Crippen molar-refractivity contribution in [3.63, 3.8) is 0 Å². The van der Waals surface area contributed by atoms with Gasteiger partial charge in [-0.25, -0.2) is 14.5 Å². The summed E-state index contributed by atoms with van der Waals surface area (Å²) >= 11 is 0. The van der Waals surface area contributed by atoms with Gasteiger partial charge in [-0.1, -0.05) is 6.07 Å². The predicted molar refractivity (Wildman–Crippen MR) is 115 cm³/mol. The van der Waals surface area contributed by atoms with E-state index in [1.54, 1.807) is 18.3 Å². The summed E-state index contributed by atoms with van der Waals surface area (Å²) in [6.45, 7) is 3.16. The molecular formula is C23H23N5O3. The van der Waals surface area contributed by atoms with Gasteiger partial charge in [0.05, 0.1) is 23.6 Å². The van der Waals surface area contributed by atoms with Crippen molar-refractivity contribution >= 4 is 17.0 Å². The number of aromatic nitrogens is 4. The van der Waals surface area contributed by atoms with Crippen LogP contribution in [-0.4, -0.2) is 37.0 Å². The van der Waals surface area contributed by atoms with Gasteiger partial charge in [0.2, 0.25) is 0 Å². The molecule has 31 heavy (non-hydrogen) atoms. The Bertz CT molecular complexity index is 1290. The zero-order valence-corrected chi connectivity index (χ0v) is 17.4. The topological polar surface area (TPSA) is 94.2 Å². The van der Waals surface area contributed by atoms with Crippen LogP contribution in [-0.2, 0) is 24.9 Å². The lowest BCUT2D eigenvalue weighted by atomic mass is 9.95. The second-order valence-corrected chi connectivity index (χ2v) is 7.82. The Morgan fingerprint density at radius 3 is 3.03 bits per heavy atom. The fourth-order valence-corrected chi connectivity index (χ4v) is 4.12. The molecule has 0 aliphatic carbocycles. The average molecular weight is 417 g/mol. The van der Waals surface area contributed by atoms with Crippen LogP contribution in [0.3, 0.4) is 0 Å². The first-order chi connectivity index (χ1) is 15.0. The Hall–Kier alpha value is -3.49. The molecule has 8 nitrogen and oxygen atoms in total. The highest BCUT2D eigenvalue weighted by Crippen LogP contribution is 2.29. The minimum absolute atomic E-state index is 0.275. The van der Waals surface area contributed by atoms with Crippen LogP contribution in [0.1, 0.15) is 38.7 Å². The normalized spacial score (nSPS) is 14.1. The van der Waals surface area contributed by atoms with E-state index in [2.05, 4.69) is 15.4 Å². The molecule has 1 unspecified atom stereocenters. The molecule has 0 spiro atoms. The summed E-state index contributed by atoms with van der Waals surface area (Å²) < 4.78 is 8.92. The molecule has 0 radical (unpaired) electrons. The summed E-state index contributed by atoms with van der Waals surface area (Å²) in [7, 11) is 1.97.